The molecule has 0 aliphatic rings. The van der Waals surface area contributed by atoms with Crippen molar-refractivity contribution in [3.63, 3.8) is 0 Å². The van der Waals surface area contributed by atoms with E-state index in [-0.39, 0.29) is 5.82 Å². The van der Waals surface area contributed by atoms with Crippen molar-refractivity contribution in [1.82, 2.24) is 5.32 Å². The van der Waals surface area contributed by atoms with Crippen molar-refractivity contribution in [3.8, 4) is 0 Å². The molecule has 0 aromatic heterocycles. The Morgan fingerprint density at radius 2 is 1.94 bits per heavy atom. The highest BCUT2D eigenvalue weighted by molar-refractivity contribution is 5.16. The van der Waals surface area contributed by atoms with E-state index in [4.69, 9.17) is 0 Å². The van der Waals surface area contributed by atoms with Gasteiger partial charge in [0.15, 0.2) is 0 Å². The second-order valence-corrected chi connectivity index (χ2v) is 4.47. The molecule has 1 unspecified atom stereocenters. The molecule has 1 aromatic rings. The van der Waals surface area contributed by atoms with E-state index >= 15 is 0 Å². The van der Waals surface area contributed by atoms with Crippen LogP contribution in [-0.4, -0.2) is 13.1 Å². The van der Waals surface area contributed by atoms with Crippen LogP contribution in [0.5, 0.6) is 0 Å². The van der Waals surface area contributed by atoms with Crippen molar-refractivity contribution in [2.45, 2.75) is 33.1 Å². The first kappa shape index (κ1) is 13.2. The van der Waals surface area contributed by atoms with Gasteiger partial charge in [0, 0.05) is 0 Å². The molecule has 1 aromatic carbocycles. The van der Waals surface area contributed by atoms with Crippen LogP contribution in [0.1, 0.15) is 32.3 Å². The number of halogens is 1. The van der Waals surface area contributed by atoms with Crippen molar-refractivity contribution in [2.75, 3.05) is 13.1 Å². The van der Waals surface area contributed by atoms with Gasteiger partial charge in [0.1, 0.15) is 5.82 Å². The number of benzene rings is 1. The third-order valence-electron chi connectivity index (χ3n) is 2.78. The zero-order valence-electron chi connectivity index (χ0n) is 10.3. The Balaban J connectivity index is 2.13. The van der Waals surface area contributed by atoms with Crippen LogP contribution in [0, 0.1) is 11.7 Å². The third-order valence-corrected chi connectivity index (χ3v) is 2.78. The average molecular weight is 223 g/mol. The number of hydrogen-bond donors (Lipinski definition) is 1. The van der Waals surface area contributed by atoms with Crippen LogP contribution < -0.4 is 5.32 Å². The zero-order valence-corrected chi connectivity index (χ0v) is 10.3. The predicted octanol–water partition coefficient (Wildman–Crippen LogP) is 3.39. The largest absolute Gasteiger partial charge is 0.316 e. The van der Waals surface area contributed by atoms with E-state index in [0.717, 1.165) is 25.4 Å². The molecule has 0 spiro atoms. The van der Waals surface area contributed by atoms with Gasteiger partial charge in [0.25, 0.3) is 0 Å². The first-order valence-corrected chi connectivity index (χ1v) is 6.17. The quantitative estimate of drug-likeness (QED) is 0.699. The Morgan fingerprint density at radius 3 is 2.56 bits per heavy atom. The zero-order chi connectivity index (χ0) is 11.8. The SMILES string of the molecule is CCCC(C)CNCCc1ccc(F)cc1. The molecule has 1 atom stereocenters. The number of nitrogens with one attached hydrogen (secondary N) is 1. The first-order valence-electron chi connectivity index (χ1n) is 6.17. The summed E-state index contributed by atoms with van der Waals surface area (Å²) in [4.78, 5) is 0. The number of rotatable bonds is 7. The predicted molar refractivity (Wildman–Crippen MR) is 67.0 cm³/mol. The fraction of sp³-hybridized carbons (Fsp3) is 0.571. The van der Waals surface area contributed by atoms with Gasteiger partial charge in [-0.25, -0.2) is 4.39 Å². The number of hydrogen-bond acceptors (Lipinski definition) is 1. The van der Waals surface area contributed by atoms with Crippen LogP contribution in [-0.2, 0) is 6.42 Å². The van der Waals surface area contributed by atoms with Gasteiger partial charge in [0.2, 0.25) is 0 Å². The summed E-state index contributed by atoms with van der Waals surface area (Å²) in [7, 11) is 0. The topological polar surface area (TPSA) is 12.0 Å². The Labute approximate surface area is 98.1 Å². The summed E-state index contributed by atoms with van der Waals surface area (Å²) >= 11 is 0. The second kappa shape index (κ2) is 7.39. The molecule has 2 heteroatoms. The molecule has 1 rings (SSSR count). The second-order valence-electron chi connectivity index (χ2n) is 4.47. The van der Waals surface area contributed by atoms with Gasteiger partial charge in [-0.1, -0.05) is 32.4 Å². The van der Waals surface area contributed by atoms with Crippen molar-refractivity contribution in [1.29, 1.82) is 0 Å². The lowest BCUT2D eigenvalue weighted by Gasteiger charge is -2.11. The lowest BCUT2D eigenvalue weighted by Crippen LogP contribution is -2.23. The summed E-state index contributed by atoms with van der Waals surface area (Å²) in [6.07, 6.45) is 3.50. The Hall–Kier alpha value is -0.890. The van der Waals surface area contributed by atoms with E-state index in [1.54, 1.807) is 0 Å². The van der Waals surface area contributed by atoms with Crippen molar-refractivity contribution in [3.05, 3.63) is 35.6 Å². The van der Waals surface area contributed by atoms with Gasteiger partial charge >= 0.3 is 0 Å². The monoisotopic (exact) mass is 223 g/mol. The Kier molecular flexibility index (Phi) is 6.09. The average Bonchev–Trinajstić information content (AvgIpc) is 2.27. The van der Waals surface area contributed by atoms with E-state index in [1.807, 2.05) is 12.1 Å². The van der Waals surface area contributed by atoms with Gasteiger partial charge < -0.3 is 5.32 Å². The van der Waals surface area contributed by atoms with Crippen LogP contribution >= 0.6 is 0 Å². The van der Waals surface area contributed by atoms with E-state index in [9.17, 15) is 4.39 Å². The van der Waals surface area contributed by atoms with Gasteiger partial charge in [-0.05, 0) is 49.5 Å². The summed E-state index contributed by atoms with van der Waals surface area (Å²) in [5, 5.41) is 3.44. The summed E-state index contributed by atoms with van der Waals surface area (Å²) in [6, 6.07) is 6.75. The fourth-order valence-corrected chi connectivity index (χ4v) is 1.83. The molecule has 16 heavy (non-hydrogen) atoms. The molecule has 0 heterocycles. The Bertz CT molecular complexity index is 281. The molecule has 90 valence electrons. The highest BCUT2D eigenvalue weighted by Crippen LogP contribution is 2.04. The summed E-state index contributed by atoms with van der Waals surface area (Å²) in [6.45, 7) is 6.54. The summed E-state index contributed by atoms with van der Waals surface area (Å²) < 4.78 is 12.7. The van der Waals surface area contributed by atoms with E-state index < -0.39 is 0 Å². The molecule has 0 saturated heterocycles. The highest BCUT2D eigenvalue weighted by atomic mass is 19.1. The molecule has 0 amide bonds. The van der Waals surface area contributed by atoms with Crippen LogP contribution in [0.4, 0.5) is 4.39 Å². The van der Waals surface area contributed by atoms with E-state index in [2.05, 4.69) is 19.2 Å². The van der Waals surface area contributed by atoms with Crippen molar-refractivity contribution in [2.24, 2.45) is 5.92 Å². The molecule has 0 fully saturated rings. The molecule has 0 bridgehead atoms. The minimum Gasteiger partial charge on any atom is -0.316 e. The summed E-state index contributed by atoms with van der Waals surface area (Å²) in [5.74, 6) is 0.589. The van der Waals surface area contributed by atoms with E-state index in [1.165, 1.54) is 30.5 Å². The minimum atomic E-state index is -0.159. The standard InChI is InChI=1S/C14H22FN/c1-3-4-12(2)11-16-10-9-13-5-7-14(15)8-6-13/h5-8,12,16H,3-4,9-11H2,1-2H3. The Morgan fingerprint density at radius 1 is 1.25 bits per heavy atom. The third kappa shape index (κ3) is 5.26. The van der Waals surface area contributed by atoms with Gasteiger partial charge in [-0.3, -0.25) is 0 Å². The lowest BCUT2D eigenvalue weighted by molar-refractivity contribution is 0.478. The van der Waals surface area contributed by atoms with Crippen LogP contribution in [0.3, 0.4) is 0 Å². The van der Waals surface area contributed by atoms with Crippen molar-refractivity contribution >= 4 is 0 Å². The minimum absolute atomic E-state index is 0.159. The molecule has 0 saturated carbocycles. The van der Waals surface area contributed by atoms with E-state index in [0.29, 0.717) is 0 Å². The maximum atomic E-state index is 12.7. The first-order chi connectivity index (χ1) is 7.72. The molecular formula is C14H22FN. The summed E-state index contributed by atoms with van der Waals surface area (Å²) in [5.41, 5.74) is 1.19. The lowest BCUT2D eigenvalue weighted by atomic mass is 10.1. The maximum Gasteiger partial charge on any atom is 0.123 e. The molecule has 0 radical (unpaired) electrons. The maximum absolute atomic E-state index is 12.7. The molecule has 1 N–H and O–H groups in total. The highest BCUT2D eigenvalue weighted by Gasteiger charge is 1.99. The van der Waals surface area contributed by atoms with Gasteiger partial charge in [0.05, 0.1) is 0 Å². The fourth-order valence-electron chi connectivity index (χ4n) is 1.83. The van der Waals surface area contributed by atoms with Gasteiger partial charge in [-0.15, -0.1) is 0 Å². The smallest absolute Gasteiger partial charge is 0.123 e. The van der Waals surface area contributed by atoms with Crippen LogP contribution in [0.2, 0.25) is 0 Å². The van der Waals surface area contributed by atoms with Crippen LogP contribution in [0.25, 0.3) is 0 Å². The van der Waals surface area contributed by atoms with Crippen molar-refractivity contribution < 1.29 is 4.39 Å². The molecule has 1 nitrogen and oxygen atoms in total. The molecule has 0 aliphatic carbocycles. The normalized spacial score (nSPS) is 12.7. The molecule has 0 aliphatic heterocycles. The van der Waals surface area contributed by atoms with Crippen LogP contribution in [0.15, 0.2) is 24.3 Å². The van der Waals surface area contributed by atoms with Gasteiger partial charge in [-0.2, -0.15) is 0 Å². The molecular weight excluding hydrogens is 201 g/mol.